The van der Waals surface area contributed by atoms with Crippen molar-refractivity contribution in [1.82, 2.24) is 4.98 Å². The number of rotatable bonds is 3. The van der Waals surface area contributed by atoms with Crippen LogP contribution in [-0.4, -0.2) is 19.2 Å². The molecule has 108 valence electrons. The van der Waals surface area contributed by atoms with Gasteiger partial charge in [0.25, 0.3) is 0 Å². The zero-order valence-electron chi connectivity index (χ0n) is 11.5. The second-order valence-corrected chi connectivity index (χ2v) is 4.81. The predicted octanol–water partition coefficient (Wildman–Crippen LogP) is 3.75. The lowest BCUT2D eigenvalue weighted by Crippen LogP contribution is -1.93. The van der Waals surface area contributed by atoms with Crippen LogP contribution in [0.15, 0.2) is 34.7 Å². The Hall–Kier alpha value is -2.40. The largest absolute Gasteiger partial charge is 0.493 e. The number of ether oxygens (including phenoxy) is 2. The number of halogens is 1. The molecule has 0 amide bonds. The minimum Gasteiger partial charge on any atom is -0.493 e. The molecular weight excluding hydrogens is 292 g/mol. The molecule has 0 saturated carbocycles. The van der Waals surface area contributed by atoms with Gasteiger partial charge in [-0.2, -0.15) is 0 Å². The van der Waals surface area contributed by atoms with Crippen molar-refractivity contribution in [2.75, 3.05) is 20.0 Å². The summed E-state index contributed by atoms with van der Waals surface area (Å²) >= 11 is 6.00. The Morgan fingerprint density at radius 3 is 2.71 bits per heavy atom. The highest BCUT2D eigenvalue weighted by atomic mass is 35.5. The lowest BCUT2D eigenvalue weighted by molar-refractivity contribution is 0.355. The van der Waals surface area contributed by atoms with Crippen LogP contribution in [0.5, 0.6) is 11.5 Å². The molecule has 1 aromatic heterocycles. The molecule has 6 heteroatoms. The molecule has 3 aromatic rings. The summed E-state index contributed by atoms with van der Waals surface area (Å²) in [6, 6.07) is 8.82. The van der Waals surface area contributed by atoms with Crippen molar-refractivity contribution < 1.29 is 13.9 Å². The van der Waals surface area contributed by atoms with Gasteiger partial charge >= 0.3 is 0 Å². The van der Waals surface area contributed by atoms with Crippen molar-refractivity contribution in [2.45, 2.75) is 0 Å². The fourth-order valence-corrected chi connectivity index (χ4v) is 2.29. The van der Waals surface area contributed by atoms with Gasteiger partial charge in [-0.15, -0.1) is 0 Å². The Labute approximate surface area is 126 Å². The minimum atomic E-state index is 0.419. The van der Waals surface area contributed by atoms with E-state index in [9.17, 15) is 0 Å². The first-order valence-corrected chi connectivity index (χ1v) is 6.58. The summed E-state index contributed by atoms with van der Waals surface area (Å²) in [5.74, 6) is 1.59. The van der Waals surface area contributed by atoms with Crippen LogP contribution in [0.25, 0.3) is 22.6 Å². The first-order chi connectivity index (χ1) is 10.1. The van der Waals surface area contributed by atoms with Crippen LogP contribution in [0, 0.1) is 0 Å². The molecule has 2 aromatic carbocycles. The van der Waals surface area contributed by atoms with Crippen molar-refractivity contribution in [3.05, 3.63) is 35.4 Å². The average molecular weight is 305 g/mol. The Morgan fingerprint density at radius 1 is 1.19 bits per heavy atom. The van der Waals surface area contributed by atoms with Gasteiger partial charge in [-0.05, 0) is 18.2 Å². The Morgan fingerprint density at radius 2 is 2.00 bits per heavy atom. The number of nitrogens with zero attached hydrogens (tertiary/aromatic N) is 1. The third-order valence-electron chi connectivity index (χ3n) is 3.14. The van der Waals surface area contributed by atoms with Crippen LogP contribution in [0.3, 0.4) is 0 Å². The summed E-state index contributed by atoms with van der Waals surface area (Å²) < 4.78 is 16.4. The smallest absolute Gasteiger partial charge is 0.231 e. The number of benzene rings is 2. The molecule has 21 heavy (non-hydrogen) atoms. The maximum atomic E-state index is 6.00. The van der Waals surface area contributed by atoms with Crippen LogP contribution >= 0.6 is 11.6 Å². The molecule has 3 rings (SSSR count). The molecule has 0 fully saturated rings. The SMILES string of the molecule is COc1cccc(-c2nc3cc(Cl)c(N)cc3o2)c1OC. The van der Waals surface area contributed by atoms with Gasteiger partial charge in [0, 0.05) is 6.07 Å². The summed E-state index contributed by atoms with van der Waals surface area (Å²) in [6.45, 7) is 0. The molecule has 0 aliphatic heterocycles. The molecule has 0 radical (unpaired) electrons. The maximum Gasteiger partial charge on any atom is 0.231 e. The van der Waals surface area contributed by atoms with Gasteiger partial charge in [-0.3, -0.25) is 0 Å². The molecule has 0 atom stereocenters. The quantitative estimate of drug-likeness (QED) is 0.746. The summed E-state index contributed by atoms with van der Waals surface area (Å²) in [5.41, 5.74) is 8.12. The first kappa shape index (κ1) is 13.6. The predicted molar refractivity (Wildman–Crippen MR) is 82.0 cm³/mol. The fourth-order valence-electron chi connectivity index (χ4n) is 2.13. The van der Waals surface area contributed by atoms with E-state index in [-0.39, 0.29) is 0 Å². The van der Waals surface area contributed by atoms with E-state index in [4.69, 9.17) is 31.2 Å². The van der Waals surface area contributed by atoms with Crippen LogP contribution in [0.4, 0.5) is 5.69 Å². The van der Waals surface area contributed by atoms with Gasteiger partial charge in [0.15, 0.2) is 17.1 Å². The lowest BCUT2D eigenvalue weighted by atomic mass is 10.2. The van der Waals surface area contributed by atoms with Gasteiger partial charge in [0.2, 0.25) is 5.89 Å². The topological polar surface area (TPSA) is 70.5 Å². The molecule has 0 bridgehead atoms. The standard InChI is InChI=1S/C15H13ClN2O3/c1-19-12-5-3-4-8(14(12)20-2)15-18-11-6-9(16)10(17)7-13(11)21-15/h3-7H,17H2,1-2H3. The zero-order chi connectivity index (χ0) is 15.0. The van der Waals surface area contributed by atoms with E-state index >= 15 is 0 Å². The second-order valence-electron chi connectivity index (χ2n) is 4.40. The Balaban J connectivity index is 2.21. The monoisotopic (exact) mass is 304 g/mol. The van der Waals surface area contributed by atoms with E-state index in [1.165, 1.54) is 0 Å². The van der Waals surface area contributed by atoms with E-state index in [1.807, 2.05) is 12.1 Å². The normalized spacial score (nSPS) is 10.8. The number of methoxy groups -OCH3 is 2. The van der Waals surface area contributed by atoms with E-state index in [2.05, 4.69) is 4.98 Å². The highest BCUT2D eigenvalue weighted by Gasteiger charge is 2.17. The molecule has 0 unspecified atom stereocenters. The molecule has 0 aliphatic carbocycles. The number of aromatic nitrogens is 1. The maximum absolute atomic E-state index is 6.00. The van der Waals surface area contributed by atoms with Gasteiger partial charge in [0.05, 0.1) is 30.5 Å². The molecule has 5 nitrogen and oxygen atoms in total. The average Bonchev–Trinajstić information content (AvgIpc) is 2.89. The van der Waals surface area contributed by atoms with Crippen molar-refractivity contribution >= 4 is 28.4 Å². The molecule has 1 heterocycles. The Kier molecular flexibility index (Phi) is 3.35. The van der Waals surface area contributed by atoms with Crippen LogP contribution in [-0.2, 0) is 0 Å². The van der Waals surface area contributed by atoms with Gasteiger partial charge in [0.1, 0.15) is 5.52 Å². The fraction of sp³-hybridized carbons (Fsp3) is 0.133. The number of hydrogen-bond acceptors (Lipinski definition) is 5. The van der Waals surface area contributed by atoms with Crippen LogP contribution < -0.4 is 15.2 Å². The molecule has 0 saturated heterocycles. The number of para-hydroxylation sites is 1. The zero-order valence-corrected chi connectivity index (χ0v) is 12.3. The van der Waals surface area contributed by atoms with Crippen molar-refractivity contribution in [3.63, 3.8) is 0 Å². The highest BCUT2D eigenvalue weighted by Crippen LogP contribution is 2.39. The number of hydrogen-bond donors (Lipinski definition) is 1. The van der Waals surface area contributed by atoms with Crippen molar-refractivity contribution in [1.29, 1.82) is 0 Å². The summed E-state index contributed by atoms with van der Waals surface area (Å²) in [4.78, 5) is 4.43. The van der Waals surface area contributed by atoms with E-state index in [0.29, 0.717) is 44.8 Å². The number of nitrogen functional groups attached to an aromatic ring is 1. The molecule has 0 spiro atoms. The van der Waals surface area contributed by atoms with E-state index in [1.54, 1.807) is 32.4 Å². The Bertz CT molecular complexity index is 775. The second kappa shape index (κ2) is 5.18. The molecular formula is C15H13ClN2O3. The first-order valence-electron chi connectivity index (χ1n) is 6.21. The summed E-state index contributed by atoms with van der Waals surface area (Å²) in [5, 5.41) is 0.444. The van der Waals surface area contributed by atoms with E-state index < -0.39 is 0 Å². The number of nitrogens with two attached hydrogens (primary N) is 1. The third-order valence-corrected chi connectivity index (χ3v) is 3.47. The number of anilines is 1. The highest BCUT2D eigenvalue weighted by molar-refractivity contribution is 6.33. The van der Waals surface area contributed by atoms with Gasteiger partial charge in [-0.1, -0.05) is 17.7 Å². The number of oxazole rings is 1. The third kappa shape index (κ3) is 2.25. The number of fused-ring (bicyclic) bond motifs is 1. The molecule has 2 N–H and O–H groups in total. The minimum absolute atomic E-state index is 0.419. The molecule has 0 aliphatic rings. The summed E-state index contributed by atoms with van der Waals surface area (Å²) in [7, 11) is 3.15. The van der Waals surface area contributed by atoms with Gasteiger partial charge < -0.3 is 19.6 Å². The van der Waals surface area contributed by atoms with Gasteiger partial charge in [-0.25, -0.2) is 4.98 Å². The van der Waals surface area contributed by atoms with E-state index in [0.717, 1.165) is 0 Å². The van der Waals surface area contributed by atoms with Crippen LogP contribution in [0.2, 0.25) is 5.02 Å². The van der Waals surface area contributed by atoms with Crippen molar-refractivity contribution in [2.24, 2.45) is 0 Å². The van der Waals surface area contributed by atoms with Crippen molar-refractivity contribution in [3.8, 4) is 23.0 Å². The lowest BCUT2D eigenvalue weighted by Gasteiger charge is -2.09. The van der Waals surface area contributed by atoms with Crippen LogP contribution in [0.1, 0.15) is 0 Å². The summed E-state index contributed by atoms with van der Waals surface area (Å²) in [6.07, 6.45) is 0.